The predicted octanol–water partition coefficient (Wildman–Crippen LogP) is 2.85. The minimum absolute atomic E-state index is 0.0735. The SMILES string of the molecule is C=CCCNC(=O)CCCOc1ccc(C)cc1. The van der Waals surface area contributed by atoms with Crippen molar-refractivity contribution >= 4 is 5.91 Å². The number of carbonyl (C=O) groups excluding carboxylic acids is 1. The van der Waals surface area contributed by atoms with Crippen molar-refractivity contribution in [3.8, 4) is 5.75 Å². The minimum atomic E-state index is 0.0735. The molecule has 3 heteroatoms. The van der Waals surface area contributed by atoms with Gasteiger partial charge in [-0.15, -0.1) is 6.58 Å². The van der Waals surface area contributed by atoms with Gasteiger partial charge >= 0.3 is 0 Å². The van der Waals surface area contributed by atoms with Gasteiger partial charge in [-0.1, -0.05) is 23.8 Å². The molecule has 18 heavy (non-hydrogen) atoms. The summed E-state index contributed by atoms with van der Waals surface area (Å²) in [6.07, 6.45) is 3.84. The molecule has 1 amide bonds. The lowest BCUT2D eigenvalue weighted by molar-refractivity contribution is -0.121. The van der Waals surface area contributed by atoms with E-state index in [9.17, 15) is 4.79 Å². The summed E-state index contributed by atoms with van der Waals surface area (Å²) in [5.41, 5.74) is 1.21. The van der Waals surface area contributed by atoms with Crippen LogP contribution in [0.3, 0.4) is 0 Å². The Labute approximate surface area is 109 Å². The van der Waals surface area contributed by atoms with Crippen molar-refractivity contribution in [2.45, 2.75) is 26.2 Å². The standard InChI is InChI=1S/C15H21NO2/c1-3-4-11-16-15(17)6-5-12-18-14-9-7-13(2)8-10-14/h3,7-10H,1,4-6,11-12H2,2H3,(H,16,17). The second-order valence-electron chi connectivity index (χ2n) is 4.19. The molecule has 0 spiro atoms. The highest BCUT2D eigenvalue weighted by molar-refractivity contribution is 5.75. The number of nitrogens with one attached hydrogen (secondary N) is 1. The summed E-state index contributed by atoms with van der Waals surface area (Å²) in [5.74, 6) is 0.928. The number of aryl methyl sites for hydroxylation is 1. The van der Waals surface area contributed by atoms with Crippen LogP contribution in [0.25, 0.3) is 0 Å². The number of hydrogen-bond acceptors (Lipinski definition) is 2. The molecule has 0 bridgehead atoms. The first-order valence-corrected chi connectivity index (χ1v) is 6.29. The van der Waals surface area contributed by atoms with Crippen molar-refractivity contribution in [2.24, 2.45) is 0 Å². The fraction of sp³-hybridized carbons (Fsp3) is 0.400. The van der Waals surface area contributed by atoms with Crippen LogP contribution in [-0.4, -0.2) is 19.1 Å². The normalized spacial score (nSPS) is 9.83. The molecule has 0 saturated heterocycles. The van der Waals surface area contributed by atoms with Crippen LogP contribution in [0, 0.1) is 6.92 Å². The van der Waals surface area contributed by atoms with E-state index < -0.39 is 0 Å². The summed E-state index contributed by atoms with van der Waals surface area (Å²) in [5, 5.41) is 2.82. The van der Waals surface area contributed by atoms with Crippen molar-refractivity contribution in [1.82, 2.24) is 5.32 Å². The summed E-state index contributed by atoms with van der Waals surface area (Å²) in [4.78, 5) is 11.4. The van der Waals surface area contributed by atoms with Crippen LogP contribution >= 0.6 is 0 Å². The number of benzene rings is 1. The van der Waals surface area contributed by atoms with Crippen molar-refractivity contribution in [3.05, 3.63) is 42.5 Å². The molecule has 0 fully saturated rings. The maximum absolute atomic E-state index is 11.4. The van der Waals surface area contributed by atoms with Gasteiger partial charge in [-0.2, -0.15) is 0 Å². The topological polar surface area (TPSA) is 38.3 Å². The lowest BCUT2D eigenvalue weighted by Crippen LogP contribution is -2.24. The van der Waals surface area contributed by atoms with E-state index in [-0.39, 0.29) is 5.91 Å². The molecule has 1 rings (SSSR count). The molecule has 0 saturated carbocycles. The second-order valence-corrected chi connectivity index (χ2v) is 4.19. The molecule has 0 heterocycles. The highest BCUT2D eigenvalue weighted by Crippen LogP contribution is 2.11. The van der Waals surface area contributed by atoms with Gasteiger partial charge < -0.3 is 10.1 Å². The minimum Gasteiger partial charge on any atom is -0.494 e. The third-order valence-electron chi connectivity index (χ3n) is 2.51. The molecule has 0 radical (unpaired) electrons. The molecule has 1 N–H and O–H groups in total. The molecule has 0 aliphatic rings. The van der Waals surface area contributed by atoms with Crippen LogP contribution in [0.2, 0.25) is 0 Å². The van der Waals surface area contributed by atoms with E-state index in [0.29, 0.717) is 19.6 Å². The Balaban J connectivity index is 2.09. The van der Waals surface area contributed by atoms with Crippen LogP contribution in [0.5, 0.6) is 5.75 Å². The average molecular weight is 247 g/mol. The zero-order chi connectivity index (χ0) is 13.2. The fourth-order valence-electron chi connectivity index (χ4n) is 1.46. The maximum atomic E-state index is 11.4. The zero-order valence-corrected chi connectivity index (χ0v) is 10.9. The molecule has 1 aromatic carbocycles. The van der Waals surface area contributed by atoms with Crippen molar-refractivity contribution in [3.63, 3.8) is 0 Å². The molecule has 0 atom stereocenters. The first kappa shape index (κ1) is 14.3. The first-order valence-electron chi connectivity index (χ1n) is 6.29. The zero-order valence-electron chi connectivity index (χ0n) is 10.9. The Morgan fingerprint density at radius 1 is 1.39 bits per heavy atom. The summed E-state index contributed by atoms with van der Waals surface area (Å²) in [6, 6.07) is 7.91. The summed E-state index contributed by atoms with van der Waals surface area (Å²) < 4.78 is 5.54. The molecule has 3 nitrogen and oxygen atoms in total. The fourth-order valence-corrected chi connectivity index (χ4v) is 1.46. The number of rotatable bonds is 8. The first-order chi connectivity index (χ1) is 8.72. The van der Waals surface area contributed by atoms with Crippen molar-refractivity contribution in [2.75, 3.05) is 13.2 Å². The summed E-state index contributed by atoms with van der Waals surface area (Å²) in [7, 11) is 0. The quantitative estimate of drug-likeness (QED) is 0.566. The highest BCUT2D eigenvalue weighted by atomic mass is 16.5. The number of hydrogen-bond donors (Lipinski definition) is 1. The Morgan fingerprint density at radius 2 is 2.11 bits per heavy atom. The maximum Gasteiger partial charge on any atom is 0.220 e. The number of amides is 1. The second kappa shape index (κ2) is 8.34. The lowest BCUT2D eigenvalue weighted by Gasteiger charge is -2.06. The average Bonchev–Trinajstić information content (AvgIpc) is 2.37. The van der Waals surface area contributed by atoms with Gasteiger partial charge in [0.25, 0.3) is 0 Å². The highest BCUT2D eigenvalue weighted by Gasteiger charge is 2.00. The summed E-state index contributed by atoms with van der Waals surface area (Å²) in [6.45, 7) is 6.88. The molecule has 0 aliphatic heterocycles. The van der Waals surface area contributed by atoms with Gasteiger partial charge in [0, 0.05) is 13.0 Å². The van der Waals surface area contributed by atoms with Crippen LogP contribution in [0.4, 0.5) is 0 Å². The van der Waals surface area contributed by atoms with Gasteiger partial charge in [-0.3, -0.25) is 4.79 Å². The van der Waals surface area contributed by atoms with Crippen LogP contribution in [-0.2, 0) is 4.79 Å². The smallest absolute Gasteiger partial charge is 0.220 e. The third-order valence-corrected chi connectivity index (χ3v) is 2.51. The largest absolute Gasteiger partial charge is 0.494 e. The Morgan fingerprint density at radius 3 is 2.78 bits per heavy atom. The third kappa shape index (κ3) is 6.09. The Bertz CT molecular complexity index is 371. The Hall–Kier alpha value is -1.77. The van der Waals surface area contributed by atoms with Gasteiger partial charge in [0.05, 0.1) is 6.61 Å². The van der Waals surface area contributed by atoms with E-state index in [1.54, 1.807) is 6.08 Å². The van der Waals surface area contributed by atoms with E-state index in [1.165, 1.54) is 5.56 Å². The van der Waals surface area contributed by atoms with E-state index in [2.05, 4.69) is 11.9 Å². The van der Waals surface area contributed by atoms with Crippen LogP contribution in [0.1, 0.15) is 24.8 Å². The van der Waals surface area contributed by atoms with E-state index >= 15 is 0 Å². The van der Waals surface area contributed by atoms with Crippen molar-refractivity contribution < 1.29 is 9.53 Å². The molecule has 0 unspecified atom stereocenters. The Kier molecular flexibility index (Phi) is 6.62. The van der Waals surface area contributed by atoms with Crippen LogP contribution in [0.15, 0.2) is 36.9 Å². The van der Waals surface area contributed by atoms with Gasteiger partial charge in [0.1, 0.15) is 5.75 Å². The molecule has 98 valence electrons. The predicted molar refractivity (Wildman–Crippen MR) is 73.7 cm³/mol. The van der Waals surface area contributed by atoms with Gasteiger partial charge in [0.15, 0.2) is 0 Å². The number of ether oxygens (including phenoxy) is 1. The van der Waals surface area contributed by atoms with E-state index in [4.69, 9.17) is 4.74 Å². The molecule has 0 aromatic heterocycles. The molecular weight excluding hydrogens is 226 g/mol. The van der Waals surface area contributed by atoms with Gasteiger partial charge in [-0.25, -0.2) is 0 Å². The molecular formula is C15H21NO2. The van der Waals surface area contributed by atoms with Gasteiger partial charge in [0.2, 0.25) is 5.91 Å². The van der Waals surface area contributed by atoms with E-state index in [1.807, 2.05) is 31.2 Å². The monoisotopic (exact) mass is 247 g/mol. The lowest BCUT2D eigenvalue weighted by atomic mass is 10.2. The molecule has 1 aromatic rings. The van der Waals surface area contributed by atoms with Crippen LogP contribution < -0.4 is 10.1 Å². The molecule has 0 aliphatic carbocycles. The van der Waals surface area contributed by atoms with E-state index in [0.717, 1.165) is 18.6 Å². The van der Waals surface area contributed by atoms with Gasteiger partial charge in [-0.05, 0) is 31.9 Å². The number of carbonyl (C=O) groups is 1. The summed E-state index contributed by atoms with van der Waals surface area (Å²) >= 11 is 0. The van der Waals surface area contributed by atoms with Crippen molar-refractivity contribution in [1.29, 1.82) is 0 Å².